The highest BCUT2D eigenvalue weighted by Crippen LogP contribution is 2.32. The van der Waals surface area contributed by atoms with Gasteiger partial charge in [0.05, 0.1) is 6.10 Å². The molecule has 0 aliphatic carbocycles. The van der Waals surface area contributed by atoms with Crippen LogP contribution in [-0.4, -0.2) is 5.11 Å². The number of benzene rings is 2. The van der Waals surface area contributed by atoms with Gasteiger partial charge in [0, 0.05) is 22.0 Å². The van der Waals surface area contributed by atoms with E-state index in [1.807, 2.05) is 31.2 Å². The molecule has 1 atom stereocenters. The van der Waals surface area contributed by atoms with Crippen molar-refractivity contribution >= 4 is 23.2 Å². The molecule has 1 N–H and O–H groups in total. The van der Waals surface area contributed by atoms with E-state index < -0.39 is 6.10 Å². The van der Waals surface area contributed by atoms with Crippen molar-refractivity contribution < 1.29 is 5.11 Å². The van der Waals surface area contributed by atoms with Crippen molar-refractivity contribution in [2.24, 2.45) is 0 Å². The number of hydrogen-bond donors (Lipinski definition) is 1. The molecule has 0 radical (unpaired) electrons. The standard InChI is InChI=1S/C15H14Cl2O/c1-10-5-7-11(8-6-10)9-14(18)15-12(16)3-2-4-13(15)17/h2-8,14,18H,9H2,1H3. The minimum Gasteiger partial charge on any atom is -0.388 e. The van der Waals surface area contributed by atoms with Crippen LogP contribution in [0.15, 0.2) is 42.5 Å². The Balaban J connectivity index is 2.22. The molecule has 0 spiro atoms. The van der Waals surface area contributed by atoms with E-state index in [-0.39, 0.29) is 0 Å². The van der Waals surface area contributed by atoms with E-state index in [2.05, 4.69) is 0 Å². The van der Waals surface area contributed by atoms with E-state index in [9.17, 15) is 5.11 Å². The number of rotatable bonds is 3. The molecule has 0 aromatic heterocycles. The summed E-state index contributed by atoms with van der Waals surface area (Å²) in [6.07, 6.45) is -0.182. The second-order valence-corrected chi connectivity index (χ2v) is 5.16. The Kier molecular flexibility index (Phi) is 4.28. The zero-order valence-electron chi connectivity index (χ0n) is 10.0. The number of hydrogen-bond acceptors (Lipinski definition) is 1. The quantitative estimate of drug-likeness (QED) is 0.873. The van der Waals surface area contributed by atoms with E-state index in [1.165, 1.54) is 5.56 Å². The number of aliphatic hydroxyl groups excluding tert-OH is 1. The van der Waals surface area contributed by atoms with Crippen LogP contribution in [0.1, 0.15) is 22.8 Å². The summed E-state index contributed by atoms with van der Waals surface area (Å²) >= 11 is 12.1. The molecule has 0 aliphatic rings. The van der Waals surface area contributed by atoms with Gasteiger partial charge in [-0.2, -0.15) is 0 Å². The summed E-state index contributed by atoms with van der Waals surface area (Å²) in [5.74, 6) is 0. The Labute approximate surface area is 117 Å². The molecule has 0 fully saturated rings. The highest BCUT2D eigenvalue weighted by atomic mass is 35.5. The van der Waals surface area contributed by atoms with Crippen LogP contribution in [0.5, 0.6) is 0 Å². The molecule has 3 heteroatoms. The van der Waals surface area contributed by atoms with Crippen molar-refractivity contribution in [2.45, 2.75) is 19.4 Å². The van der Waals surface area contributed by atoms with Crippen molar-refractivity contribution in [3.05, 3.63) is 69.2 Å². The third-order valence-electron chi connectivity index (χ3n) is 2.88. The maximum absolute atomic E-state index is 10.2. The molecule has 0 aliphatic heterocycles. The van der Waals surface area contributed by atoms with Crippen LogP contribution in [0.25, 0.3) is 0 Å². The van der Waals surface area contributed by atoms with Gasteiger partial charge in [0.25, 0.3) is 0 Å². The molecule has 1 unspecified atom stereocenters. The van der Waals surface area contributed by atoms with E-state index in [4.69, 9.17) is 23.2 Å². The molecular formula is C15H14Cl2O. The number of aliphatic hydroxyl groups is 1. The third-order valence-corrected chi connectivity index (χ3v) is 3.54. The lowest BCUT2D eigenvalue weighted by Crippen LogP contribution is -2.03. The fraction of sp³-hybridized carbons (Fsp3) is 0.200. The molecule has 18 heavy (non-hydrogen) atoms. The van der Waals surface area contributed by atoms with Gasteiger partial charge >= 0.3 is 0 Å². The molecule has 1 nitrogen and oxygen atoms in total. The van der Waals surface area contributed by atoms with Gasteiger partial charge in [-0.05, 0) is 24.6 Å². The first-order valence-corrected chi connectivity index (χ1v) is 6.51. The van der Waals surface area contributed by atoms with Crippen molar-refractivity contribution in [2.75, 3.05) is 0 Å². The van der Waals surface area contributed by atoms with Crippen LogP contribution in [0, 0.1) is 6.92 Å². The molecule has 94 valence electrons. The predicted octanol–water partition coefficient (Wildman–Crippen LogP) is 4.58. The molecule has 2 aromatic rings. The second kappa shape index (κ2) is 5.75. The highest BCUT2D eigenvalue weighted by Gasteiger charge is 2.15. The maximum Gasteiger partial charge on any atom is 0.0859 e. The smallest absolute Gasteiger partial charge is 0.0859 e. The van der Waals surface area contributed by atoms with Gasteiger partial charge in [0.15, 0.2) is 0 Å². The van der Waals surface area contributed by atoms with Crippen LogP contribution >= 0.6 is 23.2 Å². The Morgan fingerprint density at radius 3 is 2.11 bits per heavy atom. The maximum atomic E-state index is 10.2. The van der Waals surface area contributed by atoms with Gasteiger partial charge in [-0.1, -0.05) is 59.1 Å². The first-order chi connectivity index (χ1) is 8.58. The molecule has 0 bridgehead atoms. The summed E-state index contributed by atoms with van der Waals surface area (Å²) in [6.45, 7) is 2.03. The van der Waals surface area contributed by atoms with Crippen LogP contribution in [-0.2, 0) is 6.42 Å². The van der Waals surface area contributed by atoms with E-state index in [1.54, 1.807) is 18.2 Å². The lowest BCUT2D eigenvalue weighted by molar-refractivity contribution is 0.178. The van der Waals surface area contributed by atoms with Crippen molar-refractivity contribution in [3.63, 3.8) is 0 Å². The average molecular weight is 281 g/mol. The Bertz CT molecular complexity index is 514. The lowest BCUT2D eigenvalue weighted by atomic mass is 10.0. The van der Waals surface area contributed by atoms with Crippen LogP contribution in [0.4, 0.5) is 0 Å². The summed E-state index contributed by atoms with van der Waals surface area (Å²) in [4.78, 5) is 0. The van der Waals surface area contributed by atoms with E-state index in [0.29, 0.717) is 22.0 Å². The van der Waals surface area contributed by atoms with Crippen LogP contribution in [0.2, 0.25) is 10.0 Å². The lowest BCUT2D eigenvalue weighted by Gasteiger charge is -2.14. The van der Waals surface area contributed by atoms with Gasteiger partial charge in [-0.15, -0.1) is 0 Å². The fourth-order valence-electron chi connectivity index (χ4n) is 1.88. The summed E-state index contributed by atoms with van der Waals surface area (Å²) < 4.78 is 0. The third kappa shape index (κ3) is 3.05. The first-order valence-electron chi connectivity index (χ1n) is 5.75. The number of halogens is 2. The Morgan fingerprint density at radius 2 is 1.56 bits per heavy atom. The molecule has 2 rings (SSSR count). The molecule has 0 saturated heterocycles. The number of aryl methyl sites for hydroxylation is 1. The highest BCUT2D eigenvalue weighted by molar-refractivity contribution is 6.36. The largest absolute Gasteiger partial charge is 0.388 e. The summed E-state index contributed by atoms with van der Waals surface area (Å²) in [7, 11) is 0. The van der Waals surface area contributed by atoms with Gasteiger partial charge in [0.1, 0.15) is 0 Å². The van der Waals surface area contributed by atoms with Crippen molar-refractivity contribution in [1.82, 2.24) is 0 Å². The van der Waals surface area contributed by atoms with E-state index in [0.717, 1.165) is 5.56 Å². The molecule has 0 amide bonds. The minimum absolute atomic E-state index is 0.502. The molecule has 2 aromatic carbocycles. The molecule has 0 saturated carbocycles. The normalized spacial score (nSPS) is 12.4. The minimum atomic E-state index is -0.686. The van der Waals surface area contributed by atoms with E-state index >= 15 is 0 Å². The second-order valence-electron chi connectivity index (χ2n) is 4.34. The predicted molar refractivity (Wildman–Crippen MR) is 76.3 cm³/mol. The molecule has 0 heterocycles. The zero-order chi connectivity index (χ0) is 13.1. The van der Waals surface area contributed by atoms with Crippen molar-refractivity contribution in [3.8, 4) is 0 Å². The van der Waals surface area contributed by atoms with Gasteiger partial charge in [0.2, 0.25) is 0 Å². The topological polar surface area (TPSA) is 20.2 Å². The summed E-state index contributed by atoms with van der Waals surface area (Å²) in [5, 5.41) is 11.2. The first kappa shape index (κ1) is 13.4. The van der Waals surface area contributed by atoms with Crippen LogP contribution in [0.3, 0.4) is 0 Å². The summed E-state index contributed by atoms with van der Waals surface area (Å²) in [6, 6.07) is 13.3. The Hall–Kier alpha value is -1.02. The fourth-order valence-corrected chi connectivity index (χ4v) is 2.53. The van der Waals surface area contributed by atoms with Gasteiger partial charge < -0.3 is 5.11 Å². The van der Waals surface area contributed by atoms with Crippen LogP contribution < -0.4 is 0 Å². The molecular weight excluding hydrogens is 267 g/mol. The van der Waals surface area contributed by atoms with Crippen molar-refractivity contribution in [1.29, 1.82) is 0 Å². The monoisotopic (exact) mass is 280 g/mol. The summed E-state index contributed by atoms with van der Waals surface area (Å²) in [5.41, 5.74) is 2.86. The zero-order valence-corrected chi connectivity index (χ0v) is 11.5. The average Bonchev–Trinajstić information content (AvgIpc) is 2.32. The van der Waals surface area contributed by atoms with Gasteiger partial charge in [-0.25, -0.2) is 0 Å². The van der Waals surface area contributed by atoms with Gasteiger partial charge in [-0.3, -0.25) is 0 Å². The SMILES string of the molecule is Cc1ccc(CC(O)c2c(Cl)cccc2Cl)cc1. The Morgan fingerprint density at radius 1 is 1.00 bits per heavy atom.